The summed E-state index contributed by atoms with van der Waals surface area (Å²) in [7, 11) is 0. The van der Waals surface area contributed by atoms with Gasteiger partial charge in [0.2, 0.25) is 5.91 Å². The first-order valence-corrected chi connectivity index (χ1v) is 7.18. The van der Waals surface area contributed by atoms with E-state index < -0.39 is 0 Å². The van der Waals surface area contributed by atoms with Gasteiger partial charge in [-0.15, -0.1) is 0 Å². The first-order chi connectivity index (χ1) is 10.8. The highest BCUT2D eigenvalue weighted by molar-refractivity contribution is 6.02. The largest absolute Gasteiger partial charge is 0.273 e. The Morgan fingerprint density at radius 2 is 1.86 bits per heavy atom. The van der Waals surface area contributed by atoms with E-state index in [4.69, 9.17) is 5.26 Å². The monoisotopic (exact) mass is 289 g/mol. The molecule has 0 atom stereocenters. The standard InChI is InChI=1S/C18H15N3O/c19-13-15-6-8-16(9-7-15)17-10-11-21(20-17)18(22)12-14-4-2-1-3-5-14/h1-9H,10-12H2. The van der Waals surface area contributed by atoms with E-state index >= 15 is 0 Å². The lowest BCUT2D eigenvalue weighted by Gasteiger charge is -2.11. The van der Waals surface area contributed by atoms with Crippen LogP contribution in [0.25, 0.3) is 0 Å². The predicted octanol–water partition coefficient (Wildman–Crippen LogP) is 2.74. The van der Waals surface area contributed by atoms with E-state index in [1.165, 1.54) is 0 Å². The molecule has 1 amide bonds. The first kappa shape index (κ1) is 14.0. The molecule has 4 heteroatoms. The SMILES string of the molecule is N#Cc1ccc(C2=NN(C(=O)Cc3ccccc3)CC2)cc1. The third kappa shape index (κ3) is 3.04. The van der Waals surface area contributed by atoms with Crippen LogP contribution < -0.4 is 0 Å². The summed E-state index contributed by atoms with van der Waals surface area (Å²) in [4.78, 5) is 12.3. The lowest BCUT2D eigenvalue weighted by molar-refractivity contribution is -0.130. The molecule has 108 valence electrons. The number of nitriles is 1. The average Bonchev–Trinajstić information content (AvgIpc) is 3.06. The number of rotatable bonds is 3. The molecular weight excluding hydrogens is 274 g/mol. The van der Waals surface area contributed by atoms with Gasteiger partial charge in [-0.25, -0.2) is 5.01 Å². The maximum absolute atomic E-state index is 12.3. The van der Waals surface area contributed by atoms with Crippen LogP contribution in [0.15, 0.2) is 59.7 Å². The van der Waals surface area contributed by atoms with Gasteiger partial charge in [0.05, 0.1) is 30.3 Å². The Kier molecular flexibility index (Phi) is 3.97. The molecule has 0 N–H and O–H groups in total. The molecule has 1 heterocycles. The Balaban J connectivity index is 1.70. The molecule has 0 saturated carbocycles. The molecule has 0 aromatic heterocycles. The molecule has 4 nitrogen and oxygen atoms in total. The van der Waals surface area contributed by atoms with Gasteiger partial charge in [0.1, 0.15) is 0 Å². The van der Waals surface area contributed by atoms with Crippen molar-refractivity contribution in [2.45, 2.75) is 12.8 Å². The molecule has 0 unspecified atom stereocenters. The number of nitrogens with zero attached hydrogens (tertiary/aromatic N) is 3. The fraction of sp³-hybridized carbons (Fsp3) is 0.167. The zero-order valence-electron chi connectivity index (χ0n) is 12.1. The molecule has 22 heavy (non-hydrogen) atoms. The van der Waals surface area contributed by atoms with Gasteiger partial charge in [0.15, 0.2) is 0 Å². The van der Waals surface area contributed by atoms with Crippen molar-refractivity contribution < 1.29 is 4.79 Å². The second-order valence-corrected chi connectivity index (χ2v) is 5.17. The van der Waals surface area contributed by atoms with Gasteiger partial charge >= 0.3 is 0 Å². The van der Waals surface area contributed by atoms with Crippen molar-refractivity contribution in [2.75, 3.05) is 6.54 Å². The molecule has 0 aliphatic carbocycles. The van der Waals surface area contributed by atoms with Gasteiger partial charge in [-0.3, -0.25) is 4.79 Å². The van der Waals surface area contributed by atoms with Crippen LogP contribution in [0.4, 0.5) is 0 Å². The third-order valence-electron chi connectivity index (χ3n) is 3.64. The summed E-state index contributed by atoms with van der Waals surface area (Å²) in [6.45, 7) is 0.612. The maximum Gasteiger partial charge on any atom is 0.247 e. The lowest BCUT2D eigenvalue weighted by Crippen LogP contribution is -2.25. The molecular formula is C18H15N3O. The number of carbonyl (C=O) groups is 1. The molecule has 0 fully saturated rings. The van der Waals surface area contributed by atoms with Gasteiger partial charge in [-0.05, 0) is 23.3 Å². The highest BCUT2D eigenvalue weighted by Gasteiger charge is 2.21. The summed E-state index contributed by atoms with van der Waals surface area (Å²) in [6.07, 6.45) is 1.11. The highest BCUT2D eigenvalue weighted by atomic mass is 16.2. The molecule has 1 aliphatic heterocycles. The van der Waals surface area contributed by atoms with E-state index in [0.717, 1.165) is 23.3 Å². The van der Waals surface area contributed by atoms with Crippen LogP contribution in [0.1, 0.15) is 23.1 Å². The van der Waals surface area contributed by atoms with Gasteiger partial charge in [0.25, 0.3) is 0 Å². The van der Waals surface area contributed by atoms with Crippen LogP contribution in [0.3, 0.4) is 0 Å². The number of hydrogen-bond acceptors (Lipinski definition) is 3. The number of amides is 1. The van der Waals surface area contributed by atoms with E-state index in [9.17, 15) is 4.79 Å². The molecule has 2 aromatic carbocycles. The number of hydrazone groups is 1. The predicted molar refractivity (Wildman–Crippen MR) is 84.2 cm³/mol. The molecule has 3 rings (SSSR count). The molecule has 2 aromatic rings. The summed E-state index contributed by atoms with van der Waals surface area (Å²) >= 11 is 0. The minimum atomic E-state index is 0.00912. The summed E-state index contributed by atoms with van der Waals surface area (Å²) in [6, 6.07) is 19.1. The second-order valence-electron chi connectivity index (χ2n) is 5.17. The van der Waals surface area contributed by atoms with E-state index in [0.29, 0.717) is 18.5 Å². The average molecular weight is 289 g/mol. The smallest absolute Gasteiger partial charge is 0.247 e. The summed E-state index contributed by atoms with van der Waals surface area (Å²) in [5, 5.41) is 14.8. The van der Waals surface area contributed by atoms with Crippen molar-refractivity contribution >= 4 is 11.6 Å². The van der Waals surface area contributed by atoms with Crippen LogP contribution in [0, 0.1) is 11.3 Å². The zero-order valence-corrected chi connectivity index (χ0v) is 12.1. The Morgan fingerprint density at radius 1 is 1.14 bits per heavy atom. The van der Waals surface area contributed by atoms with Crippen molar-refractivity contribution in [3.8, 4) is 6.07 Å². The Bertz CT molecular complexity index is 742. The molecule has 0 bridgehead atoms. The lowest BCUT2D eigenvalue weighted by atomic mass is 10.1. The highest BCUT2D eigenvalue weighted by Crippen LogP contribution is 2.16. The van der Waals surface area contributed by atoms with Crippen molar-refractivity contribution in [2.24, 2.45) is 5.10 Å². The van der Waals surface area contributed by atoms with Crippen LogP contribution >= 0.6 is 0 Å². The quantitative estimate of drug-likeness (QED) is 0.872. The minimum Gasteiger partial charge on any atom is -0.273 e. The van der Waals surface area contributed by atoms with E-state index in [-0.39, 0.29) is 5.91 Å². The Morgan fingerprint density at radius 3 is 2.55 bits per heavy atom. The summed E-state index contributed by atoms with van der Waals surface area (Å²) < 4.78 is 0. The topological polar surface area (TPSA) is 56.5 Å². The number of benzene rings is 2. The van der Waals surface area contributed by atoms with Crippen LogP contribution in [-0.2, 0) is 11.2 Å². The second kappa shape index (κ2) is 6.23. The number of carbonyl (C=O) groups excluding carboxylic acids is 1. The normalized spacial score (nSPS) is 13.6. The van der Waals surface area contributed by atoms with Gasteiger partial charge < -0.3 is 0 Å². The zero-order chi connectivity index (χ0) is 15.4. The molecule has 0 spiro atoms. The first-order valence-electron chi connectivity index (χ1n) is 7.18. The minimum absolute atomic E-state index is 0.00912. The molecule has 0 saturated heterocycles. The fourth-order valence-corrected chi connectivity index (χ4v) is 2.44. The third-order valence-corrected chi connectivity index (χ3v) is 3.64. The van der Waals surface area contributed by atoms with E-state index in [1.807, 2.05) is 42.5 Å². The fourth-order valence-electron chi connectivity index (χ4n) is 2.44. The van der Waals surface area contributed by atoms with E-state index in [1.54, 1.807) is 17.1 Å². The Labute approximate surface area is 129 Å². The van der Waals surface area contributed by atoms with Crippen molar-refractivity contribution in [1.82, 2.24) is 5.01 Å². The molecule has 1 aliphatic rings. The van der Waals surface area contributed by atoms with Gasteiger partial charge in [-0.1, -0.05) is 42.5 Å². The van der Waals surface area contributed by atoms with Crippen molar-refractivity contribution in [3.63, 3.8) is 0 Å². The van der Waals surface area contributed by atoms with Crippen LogP contribution in [0.2, 0.25) is 0 Å². The van der Waals surface area contributed by atoms with Crippen molar-refractivity contribution in [3.05, 3.63) is 71.3 Å². The maximum atomic E-state index is 12.3. The van der Waals surface area contributed by atoms with Crippen LogP contribution in [-0.4, -0.2) is 23.2 Å². The number of hydrogen-bond donors (Lipinski definition) is 0. The van der Waals surface area contributed by atoms with E-state index in [2.05, 4.69) is 11.2 Å². The molecule has 0 radical (unpaired) electrons. The van der Waals surface area contributed by atoms with Gasteiger partial charge in [-0.2, -0.15) is 10.4 Å². The van der Waals surface area contributed by atoms with Gasteiger partial charge in [0, 0.05) is 6.42 Å². The summed E-state index contributed by atoms with van der Waals surface area (Å²) in [5.74, 6) is 0.00912. The van der Waals surface area contributed by atoms with Crippen molar-refractivity contribution in [1.29, 1.82) is 5.26 Å². The Hall–Kier alpha value is -2.93. The summed E-state index contributed by atoms with van der Waals surface area (Å²) in [5.41, 5.74) is 3.48. The van der Waals surface area contributed by atoms with Crippen LogP contribution in [0.5, 0.6) is 0 Å².